The van der Waals surface area contributed by atoms with Crippen molar-refractivity contribution >= 4 is 0 Å². The van der Waals surface area contributed by atoms with Crippen LogP contribution in [0.3, 0.4) is 0 Å². The third kappa shape index (κ3) is 5.62. The molecule has 0 atom stereocenters. The molecular formula is C16H28N2O. The fourth-order valence-electron chi connectivity index (χ4n) is 2.11. The lowest BCUT2D eigenvalue weighted by Crippen LogP contribution is -2.19. The fourth-order valence-corrected chi connectivity index (χ4v) is 2.11. The average Bonchev–Trinajstić information content (AvgIpc) is 2.43. The van der Waals surface area contributed by atoms with Gasteiger partial charge in [-0.2, -0.15) is 0 Å². The number of nitrogens with zero attached hydrogens (tertiary/aromatic N) is 1. The largest absolute Gasteiger partial charge is 0.496 e. The molecule has 0 amide bonds. The van der Waals surface area contributed by atoms with Gasteiger partial charge >= 0.3 is 0 Å². The van der Waals surface area contributed by atoms with Gasteiger partial charge < -0.3 is 15.0 Å². The zero-order chi connectivity index (χ0) is 14.1. The molecule has 0 radical (unpaired) electrons. The highest BCUT2D eigenvalue weighted by molar-refractivity contribution is 5.37. The van der Waals surface area contributed by atoms with Crippen molar-refractivity contribution in [3.63, 3.8) is 0 Å². The number of benzene rings is 1. The van der Waals surface area contributed by atoms with Gasteiger partial charge in [0.1, 0.15) is 5.75 Å². The summed E-state index contributed by atoms with van der Waals surface area (Å²) < 4.78 is 5.49. The van der Waals surface area contributed by atoms with Gasteiger partial charge in [0.25, 0.3) is 0 Å². The van der Waals surface area contributed by atoms with Gasteiger partial charge in [-0.25, -0.2) is 0 Å². The molecule has 0 bridgehead atoms. The van der Waals surface area contributed by atoms with E-state index >= 15 is 0 Å². The summed E-state index contributed by atoms with van der Waals surface area (Å²) in [4.78, 5) is 2.36. The number of hydrogen-bond acceptors (Lipinski definition) is 3. The number of nitrogens with one attached hydrogen (secondary N) is 1. The summed E-state index contributed by atoms with van der Waals surface area (Å²) in [5.41, 5.74) is 2.54. The van der Waals surface area contributed by atoms with E-state index in [0.29, 0.717) is 0 Å². The molecule has 1 aromatic carbocycles. The molecule has 0 unspecified atom stereocenters. The van der Waals surface area contributed by atoms with Crippen LogP contribution in [-0.2, 0) is 13.1 Å². The van der Waals surface area contributed by atoms with Gasteiger partial charge in [-0.15, -0.1) is 0 Å². The van der Waals surface area contributed by atoms with Gasteiger partial charge in [0, 0.05) is 18.7 Å². The number of methoxy groups -OCH3 is 1. The Morgan fingerprint density at radius 2 is 2.05 bits per heavy atom. The van der Waals surface area contributed by atoms with E-state index in [2.05, 4.69) is 49.3 Å². The summed E-state index contributed by atoms with van der Waals surface area (Å²) in [6.45, 7) is 8.32. The highest BCUT2D eigenvalue weighted by Gasteiger charge is 2.06. The first-order chi connectivity index (χ1) is 9.21. The van der Waals surface area contributed by atoms with Crippen molar-refractivity contribution in [1.82, 2.24) is 10.2 Å². The minimum absolute atomic E-state index is 0.867. The Bertz CT molecular complexity index is 366. The van der Waals surface area contributed by atoms with Crippen molar-refractivity contribution in [3.05, 3.63) is 29.3 Å². The predicted molar refractivity (Wildman–Crippen MR) is 81.6 cm³/mol. The molecule has 0 fully saturated rings. The highest BCUT2D eigenvalue weighted by Crippen LogP contribution is 2.21. The molecule has 1 N–H and O–H groups in total. The second-order valence-electron chi connectivity index (χ2n) is 5.02. The second-order valence-corrected chi connectivity index (χ2v) is 5.02. The number of ether oxygens (including phenoxy) is 1. The Balaban J connectivity index is 2.65. The minimum Gasteiger partial charge on any atom is -0.496 e. The van der Waals surface area contributed by atoms with Crippen molar-refractivity contribution in [2.24, 2.45) is 0 Å². The van der Waals surface area contributed by atoms with E-state index in [1.54, 1.807) is 7.11 Å². The van der Waals surface area contributed by atoms with Crippen LogP contribution in [0.25, 0.3) is 0 Å². The van der Waals surface area contributed by atoms with Crippen LogP contribution in [0, 0.1) is 0 Å². The maximum atomic E-state index is 5.49. The standard InChI is InChI=1S/C16H28N2O/c1-5-7-10-18(3)13-14-8-9-15(12-17-6-2)16(11-14)19-4/h8-9,11,17H,5-7,10,12-13H2,1-4H3. The summed E-state index contributed by atoms with van der Waals surface area (Å²) in [5, 5.41) is 3.34. The molecule has 0 aromatic heterocycles. The van der Waals surface area contributed by atoms with Gasteiger partial charge in [-0.3, -0.25) is 0 Å². The lowest BCUT2D eigenvalue weighted by atomic mass is 10.1. The monoisotopic (exact) mass is 264 g/mol. The number of unbranched alkanes of at least 4 members (excludes halogenated alkanes) is 1. The van der Waals surface area contributed by atoms with Crippen LogP contribution in [0.15, 0.2) is 18.2 Å². The average molecular weight is 264 g/mol. The first-order valence-corrected chi connectivity index (χ1v) is 7.26. The minimum atomic E-state index is 0.867. The molecule has 0 spiro atoms. The third-order valence-electron chi connectivity index (χ3n) is 3.26. The first kappa shape index (κ1) is 16.0. The van der Waals surface area contributed by atoms with E-state index in [9.17, 15) is 0 Å². The summed E-state index contributed by atoms with van der Waals surface area (Å²) in [6.07, 6.45) is 2.50. The van der Waals surface area contributed by atoms with Crippen LogP contribution >= 0.6 is 0 Å². The summed E-state index contributed by atoms with van der Waals surface area (Å²) in [7, 11) is 3.92. The lowest BCUT2D eigenvalue weighted by Gasteiger charge is -2.17. The molecule has 1 aromatic rings. The summed E-state index contributed by atoms with van der Waals surface area (Å²) in [5.74, 6) is 0.988. The molecule has 0 saturated carbocycles. The van der Waals surface area contributed by atoms with Gasteiger partial charge in [-0.1, -0.05) is 32.4 Å². The lowest BCUT2D eigenvalue weighted by molar-refractivity contribution is 0.320. The van der Waals surface area contributed by atoms with E-state index in [-0.39, 0.29) is 0 Å². The summed E-state index contributed by atoms with van der Waals surface area (Å²) >= 11 is 0. The van der Waals surface area contributed by atoms with E-state index in [4.69, 9.17) is 4.74 Å². The molecule has 0 heterocycles. The fraction of sp³-hybridized carbons (Fsp3) is 0.625. The van der Waals surface area contributed by atoms with Crippen LogP contribution < -0.4 is 10.1 Å². The molecule has 0 aliphatic rings. The maximum Gasteiger partial charge on any atom is 0.123 e. The van der Waals surface area contributed by atoms with Crippen LogP contribution in [0.4, 0.5) is 0 Å². The zero-order valence-corrected chi connectivity index (χ0v) is 12.8. The van der Waals surface area contributed by atoms with Crippen LogP contribution in [-0.4, -0.2) is 32.1 Å². The van der Waals surface area contributed by atoms with Crippen molar-refractivity contribution in [1.29, 1.82) is 0 Å². The Morgan fingerprint density at radius 1 is 1.26 bits per heavy atom. The Labute approximate surface area is 118 Å². The van der Waals surface area contributed by atoms with Crippen LogP contribution in [0.2, 0.25) is 0 Å². The first-order valence-electron chi connectivity index (χ1n) is 7.26. The molecular weight excluding hydrogens is 236 g/mol. The van der Waals surface area contributed by atoms with E-state index < -0.39 is 0 Å². The summed E-state index contributed by atoms with van der Waals surface area (Å²) in [6, 6.07) is 6.54. The van der Waals surface area contributed by atoms with Gasteiger partial charge in [0.2, 0.25) is 0 Å². The third-order valence-corrected chi connectivity index (χ3v) is 3.26. The van der Waals surface area contributed by atoms with Crippen molar-refractivity contribution < 1.29 is 4.74 Å². The molecule has 3 heteroatoms. The normalized spacial score (nSPS) is 11.0. The smallest absolute Gasteiger partial charge is 0.123 e. The van der Waals surface area contributed by atoms with Crippen LogP contribution in [0.5, 0.6) is 5.75 Å². The molecule has 108 valence electrons. The van der Waals surface area contributed by atoms with Crippen molar-refractivity contribution in [2.45, 2.75) is 39.8 Å². The van der Waals surface area contributed by atoms with Gasteiger partial charge in [0.15, 0.2) is 0 Å². The van der Waals surface area contributed by atoms with E-state index in [0.717, 1.165) is 31.9 Å². The molecule has 19 heavy (non-hydrogen) atoms. The van der Waals surface area contributed by atoms with Crippen molar-refractivity contribution in [2.75, 3.05) is 27.2 Å². The number of hydrogen-bond donors (Lipinski definition) is 1. The topological polar surface area (TPSA) is 24.5 Å². The maximum absolute atomic E-state index is 5.49. The van der Waals surface area contributed by atoms with Gasteiger partial charge in [-0.05, 0) is 38.2 Å². The van der Waals surface area contributed by atoms with Gasteiger partial charge in [0.05, 0.1) is 7.11 Å². The van der Waals surface area contributed by atoms with E-state index in [1.807, 2.05) is 0 Å². The molecule has 1 rings (SSSR count). The highest BCUT2D eigenvalue weighted by atomic mass is 16.5. The quantitative estimate of drug-likeness (QED) is 0.742. The Morgan fingerprint density at radius 3 is 2.68 bits per heavy atom. The molecule has 3 nitrogen and oxygen atoms in total. The van der Waals surface area contributed by atoms with Crippen molar-refractivity contribution in [3.8, 4) is 5.75 Å². The van der Waals surface area contributed by atoms with E-state index in [1.165, 1.54) is 24.0 Å². The molecule has 0 aliphatic carbocycles. The second kappa shape index (κ2) is 8.94. The Hall–Kier alpha value is -1.06. The molecule has 0 aliphatic heterocycles. The SMILES string of the molecule is CCCCN(C)Cc1ccc(CNCC)c(OC)c1. The Kier molecular flexibility index (Phi) is 7.53. The zero-order valence-electron chi connectivity index (χ0n) is 12.8. The number of rotatable bonds is 9. The van der Waals surface area contributed by atoms with Crippen LogP contribution in [0.1, 0.15) is 37.8 Å². The molecule has 0 saturated heterocycles. The predicted octanol–water partition coefficient (Wildman–Crippen LogP) is 3.04.